The third-order valence-electron chi connectivity index (χ3n) is 3.23. The second kappa shape index (κ2) is 8.78. The van der Waals surface area contributed by atoms with Crippen LogP contribution in [0.2, 0.25) is 0 Å². The van der Waals surface area contributed by atoms with Gasteiger partial charge in [0, 0.05) is 24.9 Å². The van der Waals surface area contributed by atoms with Gasteiger partial charge in [-0.3, -0.25) is 4.79 Å². The van der Waals surface area contributed by atoms with Crippen LogP contribution in [0.25, 0.3) is 0 Å². The van der Waals surface area contributed by atoms with Crippen LogP contribution in [-0.4, -0.2) is 25.0 Å². The number of aryl methyl sites for hydroxylation is 1. The normalized spacial score (nSPS) is 11.2. The predicted molar refractivity (Wildman–Crippen MR) is 83.2 cm³/mol. The lowest BCUT2D eigenvalue weighted by atomic mass is 10.0. The molecule has 0 fully saturated rings. The minimum atomic E-state index is -0.279. The number of nitrogens with one attached hydrogen (secondary N) is 1. The van der Waals surface area contributed by atoms with E-state index in [-0.39, 0.29) is 17.5 Å². The van der Waals surface area contributed by atoms with Crippen molar-refractivity contribution in [2.75, 3.05) is 13.2 Å². The molecule has 1 rings (SSSR count). The molecule has 1 N–H and O–H groups in total. The Bertz CT molecular complexity index is 458. The molecule has 0 atom stereocenters. The number of ether oxygens (including phenoxy) is 1. The lowest BCUT2D eigenvalue weighted by Gasteiger charge is -2.11. The van der Waals surface area contributed by atoms with Crippen LogP contribution in [0.4, 0.5) is 4.39 Å². The summed E-state index contributed by atoms with van der Waals surface area (Å²) >= 11 is 0. The summed E-state index contributed by atoms with van der Waals surface area (Å²) in [5.41, 5.74) is 0.540. The predicted octanol–water partition coefficient (Wildman–Crippen LogP) is 3.36. The quantitative estimate of drug-likeness (QED) is 0.710. The van der Waals surface area contributed by atoms with Crippen molar-refractivity contribution in [3.05, 3.63) is 29.6 Å². The number of carbonyl (C=O) groups is 1. The molecule has 0 spiro atoms. The molecule has 0 aliphatic rings. The minimum Gasteiger partial charge on any atom is -0.492 e. The first-order valence-corrected chi connectivity index (χ1v) is 7.57. The molecular weight excluding hydrogens is 269 g/mol. The van der Waals surface area contributed by atoms with E-state index in [4.69, 9.17) is 4.74 Å². The van der Waals surface area contributed by atoms with Crippen molar-refractivity contribution < 1.29 is 13.9 Å². The number of halogens is 1. The molecule has 118 valence electrons. The fourth-order valence-electron chi connectivity index (χ4n) is 1.90. The van der Waals surface area contributed by atoms with Crippen LogP contribution in [0.5, 0.6) is 5.75 Å². The second-order valence-corrected chi connectivity index (χ2v) is 5.83. The Kier molecular flexibility index (Phi) is 7.37. The van der Waals surface area contributed by atoms with E-state index < -0.39 is 0 Å². The van der Waals surface area contributed by atoms with Crippen molar-refractivity contribution in [2.24, 2.45) is 5.92 Å². The Hall–Kier alpha value is -1.42. The number of ketones is 1. The van der Waals surface area contributed by atoms with Gasteiger partial charge in [0.15, 0.2) is 0 Å². The average Bonchev–Trinajstić information content (AvgIpc) is 2.43. The molecule has 1 aromatic carbocycles. The summed E-state index contributed by atoms with van der Waals surface area (Å²) in [6.07, 6.45) is 0.789. The second-order valence-electron chi connectivity index (χ2n) is 5.83. The molecular formula is C17H26FNO2. The zero-order valence-electron chi connectivity index (χ0n) is 13.4. The van der Waals surface area contributed by atoms with Crippen LogP contribution in [0.15, 0.2) is 18.2 Å². The van der Waals surface area contributed by atoms with Gasteiger partial charge < -0.3 is 10.1 Å². The van der Waals surface area contributed by atoms with Gasteiger partial charge in [-0.15, -0.1) is 0 Å². The minimum absolute atomic E-state index is 0.00500. The molecule has 0 aliphatic carbocycles. The number of benzene rings is 1. The Morgan fingerprint density at radius 1 is 1.29 bits per heavy atom. The molecule has 0 aliphatic heterocycles. The molecule has 0 unspecified atom stereocenters. The highest BCUT2D eigenvalue weighted by atomic mass is 19.1. The Morgan fingerprint density at radius 3 is 2.62 bits per heavy atom. The summed E-state index contributed by atoms with van der Waals surface area (Å²) in [7, 11) is 0. The van der Waals surface area contributed by atoms with Gasteiger partial charge in [0.05, 0.1) is 0 Å². The third-order valence-corrected chi connectivity index (χ3v) is 3.23. The standard InChI is InChI=1S/C17H26FNO2/c1-12(2)17(20)8-5-14-11-15(6-7-16(14)18)21-10-9-19-13(3)4/h6-7,11-13,19H,5,8-10H2,1-4H3. The smallest absolute Gasteiger partial charge is 0.135 e. The van der Waals surface area contributed by atoms with Gasteiger partial charge in [0.25, 0.3) is 0 Å². The van der Waals surface area contributed by atoms with Gasteiger partial charge in [-0.05, 0) is 30.2 Å². The molecule has 0 radical (unpaired) electrons. The summed E-state index contributed by atoms with van der Waals surface area (Å²) in [5.74, 6) is 0.518. The highest BCUT2D eigenvalue weighted by molar-refractivity contribution is 5.80. The number of hydrogen-bond donors (Lipinski definition) is 1. The highest BCUT2D eigenvalue weighted by Gasteiger charge is 2.10. The van der Waals surface area contributed by atoms with Gasteiger partial charge in [-0.25, -0.2) is 4.39 Å². The van der Waals surface area contributed by atoms with Crippen molar-refractivity contribution in [3.8, 4) is 5.75 Å². The van der Waals surface area contributed by atoms with Crippen LogP contribution >= 0.6 is 0 Å². The van der Waals surface area contributed by atoms with Crippen molar-refractivity contribution >= 4 is 5.78 Å². The fourth-order valence-corrected chi connectivity index (χ4v) is 1.90. The van der Waals surface area contributed by atoms with E-state index in [0.29, 0.717) is 36.8 Å². The topological polar surface area (TPSA) is 38.3 Å². The van der Waals surface area contributed by atoms with E-state index in [1.165, 1.54) is 6.07 Å². The van der Waals surface area contributed by atoms with E-state index in [0.717, 1.165) is 6.54 Å². The van der Waals surface area contributed by atoms with Gasteiger partial charge >= 0.3 is 0 Å². The molecule has 0 saturated carbocycles. The largest absolute Gasteiger partial charge is 0.492 e. The Balaban J connectivity index is 2.52. The summed E-state index contributed by atoms with van der Waals surface area (Å²) in [6.45, 7) is 9.15. The third kappa shape index (κ3) is 6.71. The average molecular weight is 295 g/mol. The number of rotatable bonds is 9. The maximum Gasteiger partial charge on any atom is 0.135 e. The molecule has 21 heavy (non-hydrogen) atoms. The van der Waals surface area contributed by atoms with Gasteiger partial charge in [0.1, 0.15) is 24.0 Å². The summed E-state index contributed by atoms with van der Waals surface area (Å²) < 4.78 is 19.3. The molecule has 0 bridgehead atoms. The van der Waals surface area contributed by atoms with Crippen molar-refractivity contribution in [3.63, 3.8) is 0 Å². The zero-order chi connectivity index (χ0) is 15.8. The fraction of sp³-hybridized carbons (Fsp3) is 0.588. The van der Waals surface area contributed by atoms with Crippen LogP contribution < -0.4 is 10.1 Å². The maximum atomic E-state index is 13.7. The Morgan fingerprint density at radius 2 is 2.00 bits per heavy atom. The monoisotopic (exact) mass is 295 g/mol. The van der Waals surface area contributed by atoms with Crippen molar-refractivity contribution in [1.82, 2.24) is 5.32 Å². The first kappa shape index (κ1) is 17.6. The number of Topliss-reactive ketones (excluding diaryl/α,β-unsaturated/α-hetero) is 1. The molecule has 0 amide bonds. The first-order chi connectivity index (χ1) is 9.90. The summed E-state index contributed by atoms with van der Waals surface area (Å²) in [6, 6.07) is 5.14. The van der Waals surface area contributed by atoms with Crippen LogP contribution in [0, 0.1) is 11.7 Å². The first-order valence-electron chi connectivity index (χ1n) is 7.57. The van der Waals surface area contributed by atoms with E-state index >= 15 is 0 Å². The van der Waals surface area contributed by atoms with Crippen molar-refractivity contribution in [1.29, 1.82) is 0 Å². The van der Waals surface area contributed by atoms with Gasteiger partial charge in [-0.1, -0.05) is 27.7 Å². The van der Waals surface area contributed by atoms with Crippen LogP contribution in [0.1, 0.15) is 39.7 Å². The van der Waals surface area contributed by atoms with Gasteiger partial charge in [0.2, 0.25) is 0 Å². The lowest BCUT2D eigenvalue weighted by molar-refractivity contribution is -0.121. The van der Waals surface area contributed by atoms with Gasteiger partial charge in [-0.2, -0.15) is 0 Å². The van der Waals surface area contributed by atoms with Crippen LogP contribution in [0.3, 0.4) is 0 Å². The number of hydrogen-bond acceptors (Lipinski definition) is 3. The molecule has 0 heterocycles. The van der Waals surface area contributed by atoms with Crippen molar-refractivity contribution in [2.45, 2.75) is 46.6 Å². The maximum absolute atomic E-state index is 13.7. The van der Waals surface area contributed by atoms with E-state index in [1.54, 1.807) is 12.1 Å². The number of carbonyl (C=O) groups excluding carboxylic acids is 1. The van der Waals surface area contributed by atoms with Crippen LogP contribution in [-0.2, 0) is 11.2 Å². The molecule has 4 heteroatoms. The molecule has 0 saturated heterocycles. The SMILES string of the molecule is CC(C)NCCOc1ccc(F)c(CCC(=O)C(C)C)c1. The molecule has 0 aromatic heterocycles. The summed E-state index contributed by atoms with van der Waals surface area (Å²) in [4.78, 5) is 11.6. The van der Waals surface area contributed by atoms with E-state index in [1.807, 2.05) is 13.8 Å². The lowest BCUT2D eigenvalue weighted by Crippen LogP contribution is -2.27. The molecule has 1 aromatic rings. The summed E-state index contributed by atoms with van der Waals surface area (Å²) in [5, 5.41) is 3.25. The Labute approximate surface area is 126 Å². The van der Waals surface area contributed by atoms with E-state index in [9.17, 15) is 9.18 Å². The zero-order valence-corrected chi connectivity index (χ0v) is 13.4. The molecule has 3 nitrogen and oxygen atoms in total. The van der Waals surface area contributed by atoms with E-state index in [2.05, 4.69) is 19.2 Å². The highest BCUT2D eigenvalue weighted by Crippen LogP contribution is 2.19.